The maximum Gasteiger partial charge on any atom is 0.349 e. The molecule has 0 aromatic rings. The molecule has 0 saturated heterocycles. The number of rotatable bonds is 8. The standard InChI is InChI=1S/C11H19NO6S/c1-18-11(15)10(19(2,16)17)4-3-5-12(6-8-13)7-9-14/h3-5,13-14H,6-9H2,1-2H3. The van der Waals surface area contributed by atoms with E-state index in [1.807, 2.05) is 0 Å². The molecule has 0 amide bonds. The molecule has 0 aromatic carbocycles. The molecule has 0 aromatic heterocycles. The van der Waals surface area contributed by atoms with E-state index in [0.717, 1.165) is 19.4 Å². The molecule has 110 valence electrons. The van der Waals surface area contributed by atoms with Crippen LogP contribution < -0.4 is 0 Å². The summed E-state index contributed by atoms with van der Waals surface area (Å²) in [4.78, 5) is 12.4. The molecule has 0 spiro atoms. The van der Waals surface area contributed by atoms with Crippen molar-refractivity contribution < 1.29 is 28.2 Å². The lowest BCUT2D eigenvalue weighted by Crippen LogP contribution is -2.24. The van der Waals surface area contributed by atoms with E-state index in [1.165, 1.54) is 12.3 Å². The molecule has 0 atom stereocenters. The van der Waals surface area contributed by atoms with Crippen LogP contribution in [-0.4, -0.2) is 69.2 Å². The molecule has 8 heteroatoms. The molecule has 0 fully saturated rings. The Morgan fingerprint density at radius 1 is 1.26 bits per heavy atom. The van der Waals surface area contributed by atoms with Gasteiger partial charge in [-0.2, -0.15) is 0 Å². The summed E-state index contributed by atoms with van der Waals surface area (Å²) in [6, 6.07) is 0. The first kappa shape index (κ1) is 17.6. The van der Waals surface area contributed by atoms with Gasteiger partial charge >= 0.3 is 5.97 Å². The summed E-state index contributed by atoms with van der Waals surface area (Å²) in [5.41, 5.74) is 0. The quantitative estimate of drug-likeness (QED) is 0.332. The Morgan fingerprint density at radius 2 is 1.79 bits per heavy atom. The van der Waals surface area contributed by atoms with Crippen LogP contribution in [0.15, 0.2) is 23.3 Å². The van der Waals surface area contributed by atoms with Gasteiger partial charge in [0.2, 0.25) is 0 Å². The normalized spacial score (nSPS) is 12.7. The van der Waals surface area contributed by atoms with E-state index in [4.69, 9.17) is 10.2 Å². The fourth-order valence-corrected chi connectivity index (χ4v) is 1.93. The SMILES string of the molecule is COC(=O)C(=CC=CN(CCO)CCO)S(C)(=O)=O. The van der Waals surface area contributed by atoms with Gasteiger partial charge in [-0.05, 0) is 18.4 Å². The molecule has 7 nitrogen and oxygen atoms in total. The average molecular weight is 293 g/mol. The number of hydrogen-bond acceptors (Lipinski definition) is 7. The summed E-state index contributed by atoms with van der Waals surface area (Å²) < 4.78 is 27.1. The van der Waals surface area contributed by atoms with E-state index in [1.54, 1.807) is 4.90 Å². The largest absolute Gasteiger partial charge is 0.465 e. The summed E-state index contributed by atoms with van der Waals surface area (Å²) in [6.07, 6.45) is 4.84. The molecular formula is C11H19NO6S. The number of esters is 1. The molecule has 0 radical (unpaired) electrons. The van der Waals surface area contributed by atoms with Crippen molar-refractivity contribution in [2.45, 2.75) is 0 Å². The molecule has 19 heavy (non-hydrogen) atoms. The molecule has 0 rings (SSSR count). The second-order valence-electron chi connectivity index (χ2n) is 3.62. The van der Waals surface area contributed by atoms with Gasteiger partial charge in [0.25, 0.3) is 0 Å². The third-order valence-corrected chi connectivity index (χ3v) is 3.21. The highest BCUT2D eigenvalue weighted by atomic mass is 32.2. The van der Waals surface area contributed by atoms with Crippen molar-refractivity contribution in [2.75, 3.05) is 39.7 Å². The number of methoxy groups -OCH3 is 1. The number of carbonyl (C=O) groups is 1. The third-order valence-electron chi connectivity index (χ3n) is 2.10. The second kappa shape index (κ2) is 8.68. The Kier molecular flexibility index (Phi) is 8.05. The predicted molar refractivity (Wildman–Crippen MR) is 69.8 cm³/mol. The van der Waals surface area contributed by atoms with E-state index >= 15 is 0 Å². The van der Waals surface area contributed by atoms with Gasteiger partial charge in [-0.1, -0.05) is 0 Å². The Balaban J connectivity index is 5.01. The highest BCUT2D eigenvalue weighted by molar-refractivity contribution is 7.95. The first-order valence-corrected chi connectivity index (χ1v) is 7.38. The van der Waals surface area contributed by atoms with Crippen LogP contribution in [0.4, 0.5) is 0 Å². The first-order chi connectivity index (χ1) is 8.86. The van der Waals surface area contributed by atoms with Crippen molar-refractivity contribution in [2.24, 2.45) is 0 Å². The summed E-state index contributed by atoms with van der Waals surface area (Å²) in [5.74, 6) is -0.942. The van der Waals surface area contributed by atoms with Crippen LogP contribution in [0.1, 0.15) is 0 Å². The Morgan fingerprint density at radius 3 is 2.16 bits per heavy atom. The van der Waals surface area contributed by atoms with Crippen molar-refractivity contribution in [1.82, 2.24) is 4.90 Å². The summed E-state index contributed by atoms with van der Waals surface area (Å²) in [5, 5.41) is 17.6. The summed E-state index contributed by atoms with van der Waals surface area (Å²) in [6.45, 7) is 0.364. The molecule has 2 N–H and O–H groups in total. The fourth-order valence-electron chi connectivity index (χ4n) is 1.21. The number of sulfone groups is 1. The van der Waals surface area contributed by atoms with Crippen molar-refractivity contribution in [3.8, 4) is 0 Å². The number of hydrogen-bond donors (Lipinski definition) is 2. The lowest BCUT2D eigenvalue weighted by molar-refractivity contribution is -0.135. The molecule has 0 aliphatic rings. The van der Waals surface area contributed by atoms with E-state index in [2.05, 4.69) is 4.74 Å². The van der Waals surface area contributed by atoms with Gasteiger partial charge in [-0.25, -0.2) is 13.2 Å². The maximum atomic E-state index is 11.4. The number of allylic oxidation sites excluding steroid dienone is 2. The second-order valence-corrected chi connectivity index (χ2v) is 5.60. The monoisotopic (exact) mass is 293 g/mol. The third kappa shape index (κ3) is 6.94. The molecule has 0 unspecified atom stereocenters. The fraction of sp³-hybridized carbons (Fsp3) is 0.545. The minimum atomic E-state index is -3.68. The average Bonchev–Trinajstić information content (AvgIpc) is 2.32. The Bertz CT molecular complexity index is 434. The van der Waals surface area contributed by atoms with Crippen LogP contribution in [0, 0.1) is 0 Å². The van der Waals surface area contributed by atoms with E-state index in [0.29, 0.717) is 0 Å². The summed E-state index contributed by atoms with van der Waals surface area (Å²) in [7, 11) is -2.59. The van der Waals surface area contributed by atoms with Gasteiger partial charge in [-0.3, -0.25) is 0 Å². The zero-order valence-corrected chi connectivity index (χ0v) is 11.8. The minimum absolute atomic E-state index is 0.107. The van der Waals surface area contributed by atoms with Crippen LogP contribution in [-0.2, 0) is 19.4 Å². The minimum Gasteiger partial charge on any atom is -0.465 e. The van der Waals surface area contributed by atoms with Gasteiger partial charge in [0.1, 0.15) is 0 Å². The zero-order valence-electron chi connectivity index (χ0n) is 10.9. The first-order valence-electron chi connectivity index (χ1n) is 5.49. The van der Waals surface area contributed by atoms with E-state index in [9.17, 15) is 13.2 Å². The van der Waals surface area contributed by atoms with Gasteiger partial charge in [-0.15, -0.1) is 0 Å². The topological polar surface area (TPSA) is 104 Å². The highest BCUT2D eigenvalue weighted by Gasteiger charge is 2.19. The lowest BCUT2D eigenvalue weighted by Gasteiger charge is -2.16. The number of ether oxygens (including phenoxy) is 1. The number of nitrogens with zero attached hydrogens (tertiary/aromatic N) is 1. The molecule has 0 aliphatic carbocycles. The molecular weight excluding hydrogens is 274 g/mol. The van der Waals surface area contributed by atoms with E-state index < -0.39 is 20.7 Å². The molecule has 0 bridgehead atoms. The molecule has 0 saturated carbocycles. The molecule has 0 heterocycles. The van der Waals surface area contributed by atoms with E-state index in [-0.39, 0.29) is 26.3 Å². The lowest BCUT2D eigenvalue weighted by atomic mass is 10.4. The predicted octanol–water partition coefficient (Wildman–Crippen LogP) is -1.11. The molecule has 0 aliphatic heterocycles. The van der Waals surface area contributed by atoms with Crippen molar-refractivity contribution >= 4 is 15.8 Å². The van der Waals surface area contributed by atoms with Crippen molar-refractivity contribution in [3.05, 3.63) is 23.3 Å². The smallest absolute Gasteiger partial charge is 0.349 e. The van der Waals surface area contributed by atoms with Crippen molar-refractivity contribution in [1.29, 1.82) is 0 Å². The highest BCUT2D eigenvalue weighted by Crippen LogP contribution is 2.07. The Labute approximate surface area is 112 Å². The zero-order chi connectivity index (χ0) is 14.9. The van der Waals surface area contributed by atoms with Crippen LogP contribution in [0.5, 0.6) is 0 Å². The van der Waals surface area contributed by atoms with Crippen LogP contribution >= 0.6 is 0 Å². The summed E-state index contributed by atoms with van der Waals surface area (Å²) >= 11 is 0. The number of carbonyl (C=O) groups excluding carboxylic acids is 1. The number of aliphatic hydroxyl groups is 2. The number of aliphatic hydroxyl groups excluding tert-OH is 2. The van der Waals surface area contributed by atoms with Gasteiger partial charge in [0.05, 0.1) is 20.3 Å². The van der Waals surface area contributed by atoms with Crippen LogP contribution in [0.25, 0.3) is 0 Å². The van der Waals surface area contributed by atoms with Gasteiger partial charge in [0.15, 0.2) is 14.7 Å². The van der Waals surface area contributed by atoms with Crippen molar-refractivity contribution in [3.63, 3.8) is 0 Å². The Hall–Kier alpha value is -1.38. The maximum absolute atomic E-state index is 11.4. The van der Waals surface area contributed by atoms with Gasteiger partial charge in [0, 0.05) is 19.3 Å². The van der Waals surface area contributed by atoms with Gasteiger partial charge < -0.3 is 19.8 Å². The van der Waals surface area contributed by atoms with Crippen LogP contribution in [0.2, 0.25) is 0 Å². The van der Waals surface area contributed by atoms with Crippen LogP contribution in [0.3, 0.4) is 0 Å².